The molecule has 0 saturated carbocycles. The van der Waals surface area contributed by atoms with Crippen LogP contribution in [0, 0.1) is 6.92 Å². The summed E-state index contributed by atoms with van der Waals surface area (Å²) >= 11 is 1.66. The molecule has 0 radical (unpaired) electrons. The van der Waals surface area contributed by atoms with E-state index in [1.54, 1.807) is 23.7 Å². The predicted octanol–water partition coefficient (Wildman–Crippen LogP) is 4.38. The Balaban J connectivity index is 1.62. The first kappa shape index (κ1) is 16.5. The molecule has 1 amide bonds. The van der Waals surface area contributed by atoms with Gasteiger partial charge in [0.1, 0.15) is 5.69 Å². The fraction of sp³-hybridized carbons (Fsp3) is 0.143. The molecular formula is C21H19N3OS. The lowest BCUT2D eigenvalue weighted by molar-refractivity contribution is 0.0942. The number of benzene rings is 1. The number of carbonyl (C=O) groups is 1. The summed E-state index contributed by atoms with van der Waals surface area (Å²) in [6, 6.07) is 16.3. The van der Waals surface area contributed by atoms with Crippen LogP contribution in [-0.4, -0.2) is 15.5 Å². The zero-order valence-corrected chi connectivity index (χ0v) is 15.3. The molecule has 0 fully saturated rings. The summed E-state index contributed by atoms with van der Waals surface area (Å²) in [5, 5.41) is 5.07. The number of fused-ring (bicyclic) bond motifs is 1. The smallest absolute Gasteiger partial charge is 0.268 e. The Bertz CT molecular complexity index is 1050. The van der Waals surface area contributed by atoms with Crippen LogP contribution in [0.4, 0.5) is 0 Å². The molecule has 3 heterocycles. The molecule has 130 valence electrons. The number of aryl methyl sites for hydroxylation is 1. The predicted molar refractivity (Wildman–Crippen MR) is 106 cm³/mol. The standard InChI is InChI=1S/C21H19N3OS/c1-15-4-2-5-16(10-15)14-24-18-7-9-26-20(18)11-19(24)21(25)23-13-17-6-3-8-22-12-17/h2-12H,13-14H2,1H3,(H,23,25). The van der Waals surface area contributed by atoms with Gasteiger partial charge in [-0.15, -0.1) is 11.3 Å². The summed E-state index contributed by atoms with van der Waals surface area (Å²) in [7, 11) is 0. The summed E-state index contributed by atoms with van der Waals surface area (Å²) < 4.78 is 3.23. The van der Waals surface area contributed by atoms with E-state index in [1.165, 1.54) is 11.1 Å². The SMILES string of the molecule is Cc1cccc(Cn2c(C(=O)NCc3cccnc3)cc3sccc32)c1. The van der Waals surface area contributed by atoms with Crippen molar-refractivity contribution in [3.8, 4) is 0 Å². The molecule has 1 N–H and O–H groups in total. The minimum Gasteiger partial charge on any atom is -0.347 e. The molecule has 4 nitrogen and oxygen atoms in total. The maximum atomic E-state index is 12.8. The quantitative estimate of drug-likeness (QED) is 0.573. The first-order chi connectivity index (χ1) is 12.7. The van der Waals surface area contributed by atoms with Crippen LogP contribution in [0.1, 0.15) is 27.2 Å². The maximum Gasteiger partial charge on any atom is 0.268 e. The molecule has 0 saturated heterocycles. The van der Waals surface area contributed by atoms with Crippen molar-refractivity contribution < 1.29 is 4.79 Å². The van der Waals surface area contributed by atoms with Gasteiger partial charge in [-0.1, -0.05) is 35.9 Å². The normalized spacial score (nSPS) is 11.0. The topological polar surface area (TPSA) is 46.9 Å². The van der Waals surface area contributed by atoms with Gasteiger partial charge in [-0.3, -0.25) is 9.78 Å². The second-order valence-electron chi connectivity index (χ2n) is 6.32. The average molecular weight is 361 g/mol. The largest absolute Gasteiger partial charge is 0.347 e. The lowest BCUT2D eigenvalue weighted by Crippen LogP contribution is -2.25. The van der Waals surface area contributed by atoms with E-state index in [-0.39, 0.29) is 5.91 Å². The van der Waals surface area contributed by atoms with Crippen molar-refractivity contribution in [2.24, 2.45) is 0 Å². The van der Waals surface area contributed by atoms with Gasteiger partial charge < -0.3 is 9.88 Å². The maximum absolute atomic E-state index is 12.8. The van der Waals surface area contributed by atoms with Gasteiger partial charge in [0, 0.05) is 25.5 Å². The van der Waals surface area contributed by atoms with Crippen LogP contribution in [0.15, 0.2) is 66.3 Å². The number of hydrogen-bond donors (Lipinski definition) is 1. The molecule has 0 aliphatic rings. The summed E-state index contributed by atoms with van der Waals surface area (Å²) in [5.41, 5.74) is 5.19. The monoisotopic (exact) mass is 361 g/mol. The van der Waals surface area contributed by atoms with Gasteiger partial charge in [0.25, 0.3) is 5.91 Å². The second kappa shape index (κ2) is 7.14. The van der Waals surface area contributed by atoms with Crippen molar-refractivity contribution >= 4 is 27.5 Å². The Hall–Kier alpha value is -2.92. The van der Waals surface area contributed by atoms with Crippen LogP contribution >= 0.6 is 11.3 Å². The zero-order chi connectivity index (χ0) is 17.9. The molecule has 1 aromatic carbocycles. The van der Waals surface area contributed by atoms with Gasteiger partial charge in [-0.25, -0.2) is 0 Å². The van der Waals surface area contributed by atoms with Crippen molar-refractivity contribution in [3.05, 3.63) is 88.7 Å². The highest BCUT2D eigenvalue weighted by Crippen LogP contribution is 2.26. The van der Waals surface area contributed by atoms with Crippen molar-refractivity contribution in [2.45, 2.75) is 20.0 Å². The van der Waals surface area contributed by atoms with Crippen LogP contribution in [0.2, 0.25) is 0 Å². The number of amides is 1. The highest BCUT2D eigenvalue weighted by molar-refractivity contribution is 7.17. The molecule has 3 aromatic heterocycles. The number of nitrogens with zero attached hydrogens (tertiary/aromatic N) is 2. The van der Waals surface area contributed by atoms with E-state index in [1.807, 2.05) is 18.2 Å². The van der Waals surface area contributed by atoms with E-state index < -0.39 is 0 Å². The third-order valence-corrected chi connectivity index (χ3v) is 5.21. The van der Waals surface area contributed by atoms with E-state index in [2.05, 4.69) is 57.5 Å². The minimum atomic E-state index is -0.0649. The minimum absolute atomic E-state index is 0.0649. The Morgan fingerprint density at radius 1 is 1.15 bits per heavy atom. The number of rotatable bonds is 5. The fourth-order valence-electron chi connectivity index (χ4n) is 3.10. The average Bonchev–Trinajstić information content (AvgIpc) is 3.23. The number of pyridine rings is 1. The van der Waals surface area contributed by atoms with Gasteiger partial charge in [-0.2, -0.15) is 0 Å². The summed E-state index contributed by atoms with van der Waals surface area (Å²) in [6.07, 6.45) is 3.50. The zero-order valence-electron chi connectivity index (χ0n) is 14.5. The Labute approximate surface area is 156 Å². The van der Waals surface area contributed by atoms with Gasteiger partial charge in [-0.05, 0) is 41.6 Å². The van der Waals surface area contributed by atoms with Gasteiger partial charge in [0.15, 0.2) is 0 Å². The first-order valence-corrected chi connectivity index (χ1v) is 9.38. The molecule has 26 heavy (non-hydrogen) atoms. The molecule has 0 aliphatic heterocycles. The molecule has 4 rings (SSSR count). The van der Waals surface area contributed by atoms with Crippen molar-refractivity contribution in [2.75, 3.05) is 0 Å². The lowest BCUT2D eigenvalue weighted by atomic mass is 10.1. The van der Waals surface area contributed by atoms with Crippen LogP contribution in [0.3, 0.4) is 0 Å². The van der Waals surface area contributed by atoms with E-state index in [0.29, 0.717) is 18.8 Å². The molecule has 0 bridgehead atoms. The molecule has 0 aliphatic carbocycles. The van der Waals surface area contributed by atoms with Crippen LogP contribution in [0.5, 0.6) is 0 Å². The van der Waals surface area contributed by atoms with Crippen molar-refractivity contribution in [3.63, 3.8) is 0 Å². The number of nitrogens with one attached hydrogen (secondary N) is 1. The van der Waals surface area contributed by atoms with E-state index in [0.717, 1.165) is 15.8 Å². The highest BCUT2D eigenvalue weighted by atomic mass is 32.1. The molecule has 0 atom stereocenters. The number of aromatic nitrogens is 2. The third-order valence-electron chi connectivity index (χ3n) is 4.35. The Morgan fingerprint density at radius 3 is 2.85 bits per heavy atom. The number of carbonyl (C=O) groups excluding carboxylic acids is 1. The van der Waals surface area contributed by atoms with Gasteiger partial charge >= 0.3 is 0 Å². The van der Waals surface area contributed by atoms with Crippen molar-refractivity contribution in [1.82, 2.24) is 14.9 Å². The summed E-state index contributed by atoms with van der Waals surface area (Å²) in [6.45, 7) is 3.23. The van der Waals surface area contributed by atoms with Crippen LogP contribution in [-0.2, 0) is 13.1 Å². The van der Waals surface area contributed by atoms with Crippen molar-refractivity contribution in [1.29, 1.82) is 0 Å². The van der Waals surface area contributed by atoms with Crippen LogP contribution in [0.25, 0.3) is 10.2 Å². The van der Waals surface area contributed by atoms with Gasteiger partial charge in [0.05, 0.1) is 10.2 Å². The first-order valence-electron chi connectivity index (χ1n) is 8.50. The molecule has 0 spiro atoms. The number of hydrogen-bond acceptors (Lipinski definition) is 3. The van der Waals surface area contributed by atoms with Crippen LogP contribution < -0.4 is 5.32 Å². The van der Waals surface area contributed by atoms with E-state index in [9.17, 15) is 4.79 Å². The molecular weight excluding hydrogens is 342 g/mol. The van der Waals surface area contributed by atoms with E-state index >= 15 is 0 Å². The molecule has 0 unspecified atom stereocenters. The summed E-state index contributed by atoms with van der Waals surface area (Å²) in [5.74, 6) is -0.0649. The fourth-order valence-corrected chi connectivity index (χ4v) is 3.93. The number of thiophene rings is 1. The van der Waals surface area contributed by atoms with Gasteiger partial charge in [0.2, 0.25) is 0 Å². The highest BCUT2D eigenvalue weighted by Gasteiger charge is 2.16. The Morgan fingerprint density at radius 2 is 2.04 bits per heavy atom. The van der Waals surface area contributed by atoms with E-state index in [4.69, 9.17) is 0 Å². The second-order valence-corrected chi connectivity index (χ2v) is 7.27. The summed E-state index contributed by atoms with van der Waals surface area (Å²) in [4.78, 5) is 16.9. The lowest BCUT2D eigenvalue weighted by Gasteiger charge is -2.11. The Kier molecular flexibility index (Phi) is 4.54. The third kappa shape index (κ3) is 3.39. The molecule has 4 aromatic rings. The molecule has 5 heteroatoms.